The molecule has 1 aliphatic rings. The van der Waals surface area contributed by atoms with Crippen LogP contribution < -0.4 is 0 Å². The molecular weight excluding hydrogens is 257 g/mol. The summed E-state index contributed by atoms with van der Waals surface area (Å²) in [4.78, 5) is 0. The fourth-order valence-electron chi connectivity index (χ4n) is 1.02. The normalized spacial score (nSPS) is 11.8. The van der Waals surface area contributed by atoms with Gasteiger partial charge in [-0.2, -0.15) is 0 Å². The Hall–Kier alpha value is -0.691. The van der Waals surface area contributed by atoms with E-state index in [4.69, 9.17) is 9.30 Å². The smallest absolute Gasteiger partial charge is 0 e. The van der Waals surface area contributed by atoms with Gasteiger partial charge in [-0.05, 0) is 0 Å². The Morgan fingerprint density at radius 3 is 1.47 bits per heavy atom. The third-order valence-electron chi connectivity index (χ3n) is 1.69. The monoisotopic (exact) mass is 270 g/mol. The van der Waals surface area contributed by atoms with Crippen LogP contribution in [-0.2, 0) is 26.4 Å². The van der Waals surface area contributed by atoms with E-state index in [9.17, 15) is 0 Å². The van der Waals surface area contributed by atoms with Gasteiger partial charge in [0.25, 0.3) is 0 Å². The molecule has 3 nitrogen and oxygen atoms in total. The zero-order valence-electron chi connectivity index (χ0n) is 9.68. The second kappa shape index (κ2) is 20.7. The van der Waals surface area contributed by atoms with Crippen LogP contribution in [0.5, 0.6) is 0 Å². The maximum atomic E-state index is 7.50. The van der Waals surface area contributed by atoms with E-state index in [1.807, 2.05) is 6.92 Å². The van der Waals surface area contributed by atoms with E-state index in [0.717, 1.165) is 18.7 Å². The van der Waals surface area contributed by atoms with E-state index in [1.165, 1.54) is 19.3 Å². The Labute approximate surface area is 114 Å². The Balaban J connectivity index is -0.000000171. The molecule has 4 heteroatoms. The molecule has 2 rings (SSSR count). The molecule has 0 unspecified atom stereocenters. The van der Waals surface area contributed by atoms with Gasteiger partial charge in [0.05, 0.1) is 0 Å². The van der Waals surface area contributed by atoms with Crippen LogP contribution in [0.2, 0.25) is 0 Å². The summed E-state index contributed by atoms with van der Waals surface area (Å²) < 4.78 is 15.0. The van der Waals surface area contributed by atoms with Gasteiger partial charge in [0, 0.05) is 17.1 Å². The van der Waals surface area contributed by atoms with Crippen LogP contribution >= 0.6 is 0 Å². The summed E-state index contributed by atoms with van der Waals surface area (Å²) in [6.45, 7) is 13.2. The molecule has 0 aromatic heterocycles. The van der Waals surface area contributed by atoms with Crippen molar-refractivity contribution in [2.45, 2.75) is 26.2 Å². The number of rotatable bonds is 0. The molecule has 0 bridgehead atoms. The summed E-state index contributed by atoms with van der Waals surface area (Å²) in [5, 5.41) is 4.18. The van der Waals surface area contributed by atoms with E-state index in [-0.39, 0.29) is 17.1 Å². The fraction of sp³-hybridized carbons (Fsp3) is 0.462. The van der Waals surface area contributed by atoms with Crippen LogP contribution in [0.1, 0.15) is 24.8 Å². The molecule has 17 heavy (non-hydrogen) atoms. The molecular formula is C13H13MnNO2-6. The van der Waals surface area contributed by atoms with Crippen molar-refractivity contribution in [3.05, 3.63) is 48.4 Å². The van der Waals surface area contributed by atoms with E-state index < -0.39 is 0 Å². The molecule has 1 aromatic carbocycles. The summed E-state index contributed by atoms with van der Waals surface area (Å²) in [6, 6.07) is 10.8. The molecule has 95 valence electrons. The summed E-state index contributed by atoms with van der Waals surface area (Å²) in [6.07, 6.45) is 4.07. The van der Waals surface area contributed by atoms with Gasteiger partial charge in [0.1, 0.15) is 0 Å². The minimum atomic E-state index is 0. The first kappa shape index (κ1) is 21.6. The largest absolute Gasteiger partial charge is 0 e. The molecule has 0 atom stereocenters. The van der Waals surface area contributed by atoms with Gasteiger partial charge < -0.3 is 35.1 Å². The number of piperidine rings is 1. The van der Waals surface area contributed by atoms with Gasteiger partial charge in [0.15, 0.2) is 0 Å². The molecule has 0 saturated carbocycles. The third-order valence-corrected chi connectivity index (χ3v) is 1.69. The minimum absolute atomic E-state index is 0. The Bertz CT molecular complexity index is 233. The number of nitrogens with zero attached hydrogens (tertiary/aromatic N) is 1. The van der Waals surface area contributed by atoms with Gasteiger partial charge in [-0.25, -0.2) is 6.92 Å². The van der Waals surface area contributed by atoms with Crippen LogP contribution in [0.25, 0.3) is 5.32 Å². The fourth-order valence-corrected chi connectivity index (χ4v) is 1.02. The quantitative estimate of drug-likeness (QED) is 0.395. The first-order chi connectivity index (χ1) is 7.89. The summed E-state index contributed by atoms with van der Waals surface area (Å²) in [5.41, 5.74) is 0.981. The molecule has 0 N–H and O–H groups in total. The standard InChI is InChI=1S/C6H3.C5H10N.2CO.Mn/c1-6-4-2-3-5-6;1-2-4-6-5-3-1;2*1-2;/h1H3;1-5H2;;;/q-5;-1;;;. The number of aryl methyl sites for hydroxylation is 1. The van der Waals surface area contributed by atoms with Gasteiger partial charge in [-0.1, -0.05) is 19.3 Å². The first-order valence-corrected chi connectivity index (χ1v) is 4.79. The minimum Gasteiger partial charge on any atom is 0 e. The zero-order chi connectivity index (χ0) is 12.6. The van der Waals surface area contributed by atoms with Crippen LogP contribution in [0.3, 0.4) is 0 Å². The van der Waals surface area contributed by atoms with Crippen molar-refractivity contribution in [1.29, 1.82) is 0 Å². The third kappa shape index (κ3) is 17.9. The average Bonchev–Trinajstić information content (AvgIpc) is 2.88. The molecule has 1 radical (unpaired) electrons. The molecule has 0 aliphatic carbocycles. The molecule has 1 heterocycles. The molecule has 0 spiro atoms. The average molecular weight is 270 g/mol. The molecule has 1 aliphatic heterocycles. The van der Waals surface area contributed by atoms with E-state index in [2.05, 4.69) is 42.9 Å². The maximum absolute atomic E-state index is 7.50. The van der Waals surface area contributed by atoms with Crippen molar-refractivity contribution in [2.75, 3.05) is 13.1 Å². The second-order valence-corrected chi connectivity index (χ2v) is 2.86. The van der Waals surface area contributed by atoms with Gasteiger partial charge in [0.2, 0.25) is 0 Å². The van der Waals surface area contributed by atoms with Crippen molar-refractivity contribution in [1.82, 2.24) is 0 Å². The Kier molecular flexibility index (Phi) is 26.3. The molecule has 1 saturated heterocycles. The molecule has 1 aromatic rings. The Morgan fingerprint density at radius 1 is 0.941 bits per heavy atom. The van der Waals surface area contributed by atoms with Gasteiger partial charge in [-0.3, -0.25) is 0 Å². The molecule has 0 amide bonds. The predicted molar refractivity (Wildman–Crippen MR) is 56.9 cm³/mol. The summed E-state index contributed by atoms with van der Waals surface area (Å²) in [5.74, 6) is 0. The Morgan fingerprint density at radius 2 is 1.35 bits per heavy atom. The van der Waals surface area contributed by atoms with Crippen molar-refractivity contribution in [2.24, 2.45) is 0 Å². The first-order valence-electron chi connectivity index (χ1n) is 4.79. The summed E-state index contributed by atoms with van der Waals surface area (Å²) in [7, 11) is 0. The SMILES string of the molecule is C1CC[N-]CC1.C[c-]1[c-][c-][c-][c-]1.[C-]#[O+].[C-]#[O+].[Mn]. The zero-order valence-corrected chi connectivity index (χ0v) is 10.9. The van der Waals surface area contributed by atoms with E-state index in [0.29, 0.717) is 0 Å². The van der Waals surface area contributed by atoms with Crippen LogP contribution in [0.15, 0.2) is 0 Å². The summed E-state index contributed by atoms with van der Waals surface area (Å²) >= 11 is 0. The number of hydrogen-bond donors (Lipinski definition) is 0. The van der Waals surface area contributed by atoms with Crippen LogP contribution in [0.4, 0.5) is 0 Å². The topological polar surface area (TPSA) is 53.9 Å². The maximum Gasteiger partial charge on any atom is 0 e. The second-order valence-electron chi connectivity index (χ2n) is 2.86. The van der Waals surface area contributed by atoms with Crippen molar-refractivity contribution in [3.63, 3.8) is 0 Å². The number of hydrogen-bond acceptors (Lipinski definition) is 0. The van der Waals surface area contributed by atoms with Gasteiger partial charge >= 0.3 is 22.6 Å². The molecule has 1 fully saturated rings. The van der Waals surface area contributed by atoms with Crippen LogP contribution in [0, 0.1) is 44.5 Å². The van der Waals surface area contributed by atoms with Crippen molar-refractivity contribution in [3.8, 4) is 0 Å². The van der Waals surface area contributed by atoms with Crippen LogP contribution in [-0.4, -0.2) is 13.1 Å². The predicted octanol–water partition coefficient (Wildman–Crippen LogP) is 2.38. The van der Waals surface area contributed by atoms with Crippen molar-refractivity contribution < 1.29 is 26.4 Å². The van der Waals surface area contributed by atoms with Gasteiger partial charge in [-0.15, -0.1) is 13.1 Å². The van der Waals surface area contributed by atoms with Crippen molar-refractivity contribution >= 4 is 0 Å². The van der Waals surface area contributed by atoms with E-state index >= 15 is 0 Å². The van der Waals surface area contributed by atoms with E-state index in [1.54, 1.807) is 0 Å².